The number of imide groups is 1. The number of nitrogens with zero attached hydrogens (tertiary/aromatic N) is 3. The topological polar surface area (TPSA) is 327 Å². The number of nitrogens with two attached hydrogens (primary N) is 1. The van der Waals surface area contributed by atoms with Crippen LogP contribution in [0.3, 0.4) is 0 Å². The molecule has 24 heteroatoms. The molecule has 0 saturated carbocycles. The minimum Gasteiger partial charge on any atom is -0.387 e. The summed E-state index contributed by atoms with van der Waals surface area (Å²) in [5, 5.41) is 28.0. The van der Waals surface area contributed by atoms with Crippen molar-refractivity contribution in [2.75, 3.05) is 46.1 Å². The maximum absolute atomic E-state index is 15.4. The van der Waals surface area contributed by atoms with E-state index in [2.05, 4.69) is 31.9 Å². The monoisotopic (exact) mass is 1120 g/mol. The molecule has 1 unspecified atom stereocenters. The number of cyclic esters (lactones) is 2. The number of pyridine rings is 1. The smallest absolute Gasteiger partial charge is 0.350 e. The van der Waals surface area contributed by atoms with E-state index in [-0.39, 0.29) is 86.5 Å². The van der Waals surface area contributed by atoms with Crippen molar-refractivity contribution in [3.05, 3.63) is 92.9 Å². The van der Waals surface area contributed by atoms with Gasteiger partial charge in [0.05, 0.1) is 48.2 Å². The van der Waals surface area contributed by atoms with Gasteiger partial charge in [-0.05, 0) is 93.2 Å². The van der Waals surface area contributed by atoms with Gasteiger partial charge in [0.1, 0.15) is 31.2 Å². The zero-order valence-electron chi connectivity index (χ0n) is 45.6. The molecule has 1 aromatic heterocycles. The number of hydrogen-bond acceptors (Lipinski definition) is 16. The molecule has 5 atom stereocenters. The van der Waals surface area contributed by atoms with E-state index in [0.29, 0.717) is 90.5 Å². The highest BCUT2D eigenvalue weighted by atomic mass is 19.1. The number of carbonyl (C=O) groups is 10. The largest absolute Gasteiger partial charge is 0.387 e. The van der Waals surface area contributed by atoms with Crippen molar-refractivity contribution in [1.29, 1.82) is 0 Å². The fourth-order valence-electron chi connectivity index (χ4n) is 11.0. The minimum absolute atomic E-state index is 0.0114. The van der Waals surface area contributed by atoms with Crippen LogP contribution < -0.4 is 37.6 Å². The average molecular weight is 1120 g/mol. The first kappa shape index (κ1) is 59.2. The summed E-state index contributed by atoms with van der Waals surface area (Å²) in [5.41, 5.74) is 8.55. The number of halogens is 1. The first-order valence-corrected chi connectivity index (χ1v) is 27.5. The Morgan fingerprint density at radius 1 is 0.901 bits per heavy atom. The zero-order valence-corrected chi connectivity index (χ0v) is 45.6. The van der Waals surface area contributed by atoms with Gasteiger partial charge in [0.15, 0.2) is 5.60 Å². The van der Waals surface area contributed by atoms with E-state index in [1.54, 1.807) is 57.2 Å². The van der Waals surface area contributed by atoms with Gasteiger partial charge in [0.2, 0.25) is 47.3 Å². The number of fused-ring (bicyclic) bond motifs is 4. The molecule has 5 aliphatic rings. The molecule has 0 radical (unpaired) electrons. The van der Waals surface area contributed by atoms with Crippen LogP contribution in [0.1, 0.15) is 118 Å². The number of esters is 2. The first-order valence-electron chi connectivity index (χ1n) is 27.5. The number of amides is 8. The molecule has 8 amide bonds. The lowest BCUT2D eigenvalue weighted by Gasteiger charge is -2.36. The number of carbonyl (C=O) groups excluding carboxylic acids is 10. The highest BCUT2D eigenvalue weighted by Crippen LogP contribution is 2.48. The SMILES string of the molecule is CC[C@@]1(O)C(=O)OC(=O)C2=C1C=C1c3nc4cc(F)c(C)c5c4c(c3CN1C2)[C@@H](NC(=O)COCNC(=O)CNC(=O)[C@H](Cc1ccccc1)NC(=O)CNC(=O)[C@H](CCCCN)NC(=O)CCCCCN1C(=O)CC(C)C1=O)CC5. The Hall–Kier alpha value is -7.96. The molecule has 9 N–H and O–H groups in total. The second-order valence-electron chi connectivity index (χ2n) is 21.1. The van der Waals surface area contributed by atoms with Gasteiger partial charge in [0, 0.05) is 60.9 Å². The Balaban J connectivity index is 0.816. The summed E-state index contributed by atoms with van der Waals surface area (Å²) >= 11 is 0. The van der Waals surface area contributed by atoms with E-state index in [1.165, 1.54) is 11.0 Å². The zero-order chi connectivity index (χ0) is 58.1. The van der Waals surface area contributed by atoms with Crippen molar-refractivity contribution in [3.8, 4) is 0 Å². The molecule has 5 heterocycles. The molecule has 0 spiro atoms. The van der Waals surface area contributed by atoms with Crippen molar-refractivity contribution in [2.24, 2.45) is 11.7 Å². The van der Waals surface area contributed by atoms with Gasteiger partial charge >= 0.3 is 11.9 Å². The molecule has 81 heavy (non-hydrogen) atoms. The Kier molecular flexibility index (Phi) is 19.1. The molecule has 1 aliphatic carbocycles. The van der Waals surface area contributed by atoms with Crippen molar-refractivity contribution >= 4 is 75.8 Å². The van der Waals surface area contributed by atoms with Crippen LogP contribution in [0.15, 0.2) is 53.6 Å². The van der Waals surface area contributed by atoms with E-state index in [4.69, 9.17) is 20.2 Å². The van der Waals surface area contributed by atoms with Crippen LogP contribution in [0.2, 0.25) is 0 Å². The lowest BCUT2D eigenvalue weighted by molar-refractivity contribution is -0.172. The molecule has 1 fully saturated rings. The summed E-state index contributed by atoms with van der Waals surface area (Å²) in [6.45, 7) is 3.96. The number of unbranched alkanes of at least 4 members (excludes halogenated alkanes) is 3. The maximum Gasteiger partial charge on any atom is 0.350 e. The number of hydrogen-bond donors (Lipinski definition) is 8. The van der Waals surface area contributed by atoms with Gasteiger partial charge in [0.25, 0.3) is 0 Å². The van der Waals surface area contributed by atoms with Crippen LogP contribution in [-0.2, 0) is 76.8 Å². The highest BCUT2D eigenvalue weighted by Gasteiger charge is 2.50. The second-order valence-corrected chi connectivity index (χ2v) is 21.1. The number of likely N-dealkylation sites (tertiary alicyclic amines) is 1. The van der Waals surface area contributed by atoms with E-state index >= 15 is 4.39 Å². The summed E-state index contributed by atoms with van der Waals surface area (Å²) in [6, 6.07) is 7.39. The van der Waals surface area contributed by atoms with E-state index in [0.717, 1.165) is 11.1 Å². The lowest BCUT2D eigenvalue weighted by atomic mass is 9.81. The van der Waals surface area contributed by atoms with Gasteiger partial charge in [-0.2, -0.15) is 0 Å². The van der Waals surface area contributed by atoms with Gasteiger partial charge in [-0.1, -0.05) is 50.6 Å². The van der Waals surface area contributed by atoms with E-state index < -0.39 is 97.4 Å². The lowest BCUT2D eigenvalue weighted by Crippen LogP contribution is -2.53. The number of aryl methyl sites for hydroxylation is 1. The van der Waals surface area contributed by atoms with Crippen LogP contribution in [0.25, 0.3) is 16.6 Å². The molecule has 23 nitrogen and oxygen atoms in total. The third-order valence-electron chi connectivity index (χ3n) is 15.5. The molecule has 4 aliphatic heterocycles. The molecule has 3 aromatic rings. The second kappa shape index (κ2) is 26.1. The van der Waals surface area contributed by atoms with Crippen molar-refractivity contribution in [2.45, 2.75) is 128 Å². The normalized spacial score (nSPS) is 19.7. The molecule has 8 rings (SSSR count). The third kappa shape index (κ3) is 13.5. The van der Waals surface area contributed by atoms with E-state index in [9.17, 15) is 53.1 Å². The Morgan fingerprint density at radius 2 is 1.63 bits per heavy atom. The third-order valence-corrected chi connectivity index (χ3v) is 15.5. The molecular weight excluding hydrogens is 1050 g/mol. The predicted molar refractivity (Wildman–Crippen MR) is 288 cm³/mol. The van der Waals surface area contributed by atoms with E-state index in [1.807, 2.05) is 4.90 Å². The molecule has 2 aromatic carbocycles. The fourth-order valence-corrected chi connectivity index (χ4v) is 11.0. The van der Waals surface area contributed by atoms with Gasteiger partial charge < -0.3 is 57.1 Å². The van der Waals surface area contributed by atoms with Crippen molar-refractivity contribution < 1.29 is 66.9 Å². The summed E-state index contributed by atoms with van der Waals surface area (Å²) in [5.74, 6) is -6.70. The van der Waals surface area contributed by atoms with Crippen molar-refractivity contribution in [3.63, 3.8) is 0 Å². The number of benzene rings is 2. The molecule has 432 valence electrons. The minimum atomic E-state index is -2.06. The van der Waals surface area contributed by atoms with Crippen LogP contribution in [0, 0.1) is 18.7 Å². The Morgan fingerprint density at radius 3 is 2.35 bits per heavy atom. The summed E-state index contributed by atoms with van der Waals surface area (Å²) < 4.78 is 25.9. The van der Waals surface area contributed by atoms with Crippen molar-refractivity contribution in [1.82, 2.24) is 46.7 Å². The van der Waals surface area contributed by atoms with Crippen LogP contribution in [-0.4, -0.2) is 143 Å². The fraction of sp³-hybridized carbons (Fsp3) is 0.491. The summed E-state index contributed by atoms with van der Waals surface area (Å²) in [7, 11) is 0. The van der Waals surface area contributed by atoms with Gasteiger partial charge in [-0.25, -0.2) is 19.0 Å². The molecule has 1 saturated heterocycles. The van der Waals surface area contributed by atoms with Crippen LogP contribution >= 0.6 is 0 Å². The quantitative estimate of drug-likeness (QED) is 0.0183. The maximum atomic E-state index is 15.4. The average Bonchev–Trinajstić information content (AvgIpc) is 4.05. The van der Waals surface area contributed by atoms with Crippen LogP contribution in [0.4, 0.5) is 4.39 Å². The van der Waals surface area contributed by atoms with Gasteiger partial charge in [-0.3, -0.25) is 43.3 Å². The number of aliphatic hydroxyl groups is 1. The highest BCUT2D eigenvalue weighted by molar-refractivity contribution is 6.08. The summed E-state index contributed by atoms with van der Waals surface area (Å²) in [6.07, 6.45) is 5.60. The molecular formula is C57H69FN10O13. The standard InChI is InChI=1S/C57H69FN10O13/c1-4-57(79)37-23-43-51-36(28-67(43)27-35(37)55(77)81-56(57)78)50-39(18-17-34-32(3)38(58)24-41(66-51)49(34)50)63-47(72)29-80-30-62-45(70)25-60-53(75)42(22-33-13-7-5-8-14-33)65-46(71)26-61-52(74)40(15-10-11-19-59)64-44(69)16-9-6-12-20-68-48(73)21-31(2)54(68)76/h5,7-8,13-14,23-24,31,39-40,42,79H,4,6,9-12,15-22,25-30,59H2,1-3H3,(H,60,75)(H,61,74)(H,62,70)(H,63,72)(H,64,69)(H,65,71)/t31?,39-,40-,42-,57-/m0/s1. The number of aromatic nitrogens is 1. The number of ether oxygens (including phenoxy) is 2. The first-order chi connectivity index (χ1) is 38.8. The predicted octanol–water partition coefficient (Wildman–Crippen LogP) is 1.10. The van der Waals surface area contributed by atoms with Crippen LogP contribution in [0.5, 0.6) is 0 Å². The Labute approximate surface area is 466 Å². The summed E-state index contributed by atoms with van der Waals surface area (Å²) in [4.78, 5) is 138. The Bertz CT molecular complexity index is 3090. The number of rotatable bonds is 26. The van der Waals surface area contributed by atoms with Gasteiger partial charge in [-0.15, -0.1) is 0 Å². The number of nitrogens with one attached hydrogen (secondary N) is 6. The molecule has 0 bridgehead atoms.